The number of carbonyl (C=O) groups is 1. The minimum absolute atomic E-state index is 0.169. The van der Waals surface area contributed by atoms with Crippen molar-refractivity contribution in [2.45, 2.75) is 26.7 Å². The van der Waals surface area contributed by atoms with Gasteiger partial charge in [-0.15, -0.1) is 11.7 Å². The van der Waals surface area contributed by atoms with Crippen LogP contribution in [0.5, 0.6) is 0 Å². The van der Waals surface area contributed by atoms with Crippen LogP contribution in [0.3, 0.4) is 0 Å². The van der Waals surface area contributed by atoms with Crippen molar-refractivity contribution >= 4 is 11.6 Å². The summed E-state index contributed by atoms with van der Waals surface area (Å²) in [6, 6.07) is 15.0. The molecule has 0 bridgehead atoms. The van der Waals surface area contributed by atoms with Crippen molar-refractivity contribution in [2.24, 2.45) is 0 Å². The Labute approximate surface area is 153 Å². The average Bonchev–Trinajstić information content (AvgIpc) is 3.18. The smallest absolute Gasteiger partial charge is 0.255 e. The van der Waals surface area contributed by atoms with Gasteiger partial charge in [0.25, 0.3) is 5.91 Å². The van der Waals surface area contributed by atoms with Crippen molar-refractivity contribution in [3.63, 3.8) is 0 Å². The zero-order valence-corrected chi connectivity index (χ0v) is 15.3. The number of nitrogens with zero attached hydrogens (tertiary/aromatic N) is 4. The Morgan fingerprint density at radius 3 is 2.46 bits per heavy atom. The van der Waals surface area contributed by atoms with E-state index in [1.165, 1.54) is 16.6 Å². The number of anilines is 1. The van der Waals surface area contributed by atoms with Gasteiger partial charge in [-0.2, -0.15) is 0 Å². The SMILES string of the molecule is C=CC.CC(C)c1ccc(NC(=O)c2cccc(-n3cnnn3)c2)cc1. The highest BCUT2D eigenvalue weighted by atomic mass is 16.1. The molecule has 0 atom stereocenters. The van der Waals surface area contributed by atoms with Gasteiger partial charge < -0.3 is 5.32 Å². The molecule has 0 unspecified atom stereocenters. The largest absolute Gasteiger partial charge is 0.322 e. The van der Waals surface area contributed by atoms with Gasteiger partial charge in [-0.05, 0) is 59.2 Å². The Hall–Kier alpha value is -3.28. The van der Waals surface area contributed by atoms with Crippen LogP contribution >= 0.6 is 0 Å². The second kappa shape index (κ2) is 9.27. The molecule has 6 heteroatoms. The summed E-state index contributed by atoms with van der Waals surface area (Å²) in [7, 11) is 0. The lowest BCUT2D eigenvalue weighted by molar-refractivity contribution is 0.102. The highest BCUT2D eigenvalue weighted by Gasteiger charge is 2.08. The fraction of sp³-hybridized carbons (Fsp3) is 0.200. The molecule has 0 saturated heterocycles. The highest BCUT2D eigenvalue weighted by Crippen LogP contribution is 2.18. The van der Waals surface area contributed by atoms with Crippen molar-refractivity contribution in [3.05, 3.63) is 78.6 Å². The lowest BCUT2D eigenvalue weighted by Crippen LogP contribution is -2.12. The zero-order valence-electron chi connectivity index (χ0n) is 15.3. The van der Waals surface area contributed by atoms with Gasteiger partial charge in [-0.25, -0.2) is 4.68 Å². The average molecular weight is 349 g/mol. The molecule has 0 aliphatic rings. The number of rotatable bonds is 4. The number of amides is 1. The molecule has 2 aromatic carbocycles. The van der Waals surface area contributed by atoms with E-state index in [0.29, 0.717) is 11.5 Å². The third-order valence-corrected chi connectivity index (χ3v) is 3.56. The van der Waals surface area contributed by atoms with Crippen LogP contribution in [0.1, 0.15) is 42.6 Å². The Morgan fingerprint density at radius 2 is 1.88 bits per heavy atom. The Morgan fingerprint density at radius 1 is 1.19 bits per heavy atom. The third kappa shape index (κ3) is 5.11. The van der Waals surface area contributed by atoms with Gasteiger partial charge in [0.2, 0.25) is 0 Å². The van der Waals surface area contributed by atoms with Crippen LogP contribution in [0.15, 0.2) is 67.5 Å². The summed E-state index contributed by atoms with van der Waals surface area (Å²) in [6.07, 6.45) is 3.24. The molecule has 1 aromatic heterocycles. The number of allylic oxidation sites excluding steroid dienone is 1. The maximum Gasteiger partial charge on any atom is 0.255 e. The summed E-state index contributed by atoms with van der Waals surface area (Å²) in [5.74, 6) is 0.296. The number of aromatic nitrogens is 4. The number of nitrogens with one attached hydrogen (secondary N) is 1. The summed E-state index contributed by atoms with van der Waals surface area (Å²) in [6.45, 7) is 9.52. The minimum Gasteiger partial charge on any atom is -0.322 e. The molecule has 0 spiro atoms. The first-order valence-corrected chi connectivity index (χ1v) is 8.37. The fourth-order valence-electron chi connectivity index (χ4n) is 2.22. The first-order chi connectivity index (χ1) is 12.5. The maximum atomic E-state index is 12.4. The molecule has 1 N–H and O–H groups in total. The molecule has 3 aromatic rings. The first kappa shape index (κ1) is 19.1. The summed E-state index contributed by atoms with van der Waals surface area (Å²) < 4.78 is 1.51. The van der Waals surface area contributed by atoms with Gasteiger partial charge in [-0.3, -0.25) is 4.79 Å². The first-order valence-electron chi connectivity index (χ1n) is 8.37. The number of tetrazole rings is 1. The molecule has 3 rings (SSSR count). The summed E-state index contributed by atoms with van der Waals surface area (Å²) in [5.41, 5.74) is 3.29. The molecule has 0 fully saturated rings. The van der Waals surface area contributed by atoms with E-state index in [1.807, 2.05) is 37.3 Å². The lowest BCUT2D eigenvalue weighted by atomic mass is 10.0. The topological polar surface area (TPSA) is 72.7 Å². The molecule has 1 heterocycles. The number of hydrogen-bond acceptors (Lipinski definition) is 4. The van der Waals surface area contributed by atoms with Gasteiger partial charge in [0.15, 0.2) is 0 Å². The monoisotopic (exact) mass is 349 g/mol. The molecule has 0 radical (unpaired) electrons. The molecule has 0 saturated carbocycles. The summed E-state index contributed by atoms with van der Waals surface area (Å²) >= 11 is 0. The van der Waals surface area contributed by atoms with Crippen LogP contribution in [0, 0.1) is 0 Å². The molecule has 1 amide bonds. The van der Waals surface area contributed by atoms with Gasteiger partial charge in [0, 0.05) is 11.3 Å². The molecular formula is C20H23N5O. The van der Waals surface area contributed by atoms with E-state index in [0.717, 1.165) is 11.4 Å². The van der Waals surface area contributed by atoms with Crippen LogP contribution in [-0.4, -0.2) is 26.1 Å². The van der Waals surface area contributed by atoms with E-state index >= 15 is 0 Å². The van der Waals surface area contributed by atoms with Crippen molar-refractivity contribution in [3.8, 4) is 5.69 Å². The van der Waals surface area contributed by atoms with E-state index in [4.69, 9.17) is 0 Å². The van der Waals surface area contributed by atoms with Gasteiger partial charge in [0.1, 0.15) is 6.33 Å². The molecule has 6 nitrogen and oxygen atoms in total. The second-order valence-corrected chi connectivity index (χ2v) is 5.94. The van der Waals surface area contributed by atoms with Crippen molar-refractivity contribution in [2.75, 3.05) is 5.32 Å². The molecule has 26 heavy (non-hydrogen) atoms. The standard InChI is InChI=1S/C17H17N5O.C3H6/c1-12(2)13-6-8-15(9-7-13)19-17(23)14-4-3-5-16(10-14)22-11-18-20-21-22;1-3-2/h3-12H,1-2H3,(H,19,23);3H,1H2,2H3. The predicted molar refractivity (Wildman–Crippen MR) is 104 cm³/mol. The Bertz CT molecular complexity index is 839. The molecule has 134 valence electrons. The van der Waals surface area contributed by atoms with E-state index in [-0.39, 0.29) is 5.91 Å². The van der Waals surface area contributed by atoms with E-state index in [9.17, 15) is 4.79 Å². The minimum atomic E-state index is -0.169. The van der Waals surface area contributed by atoms with Crippen molar-refractivity contribution in [1.82, 2.24) is 20.2 Å². The Kier molecular flexibility index (Phi) is 6.79. The van der Waals surface area contributed by atoms with E-state index in [2.05, 4.69) is 41.3 Å². The zero-order chi connectivity index (χ0) is 18.9. The highest BCUT2D eigenvalue weighted by molar-refractivity contribution is 6.04. The predicted octanol–water partition coefficient (Wildman–Crippen LogP) is 4.23. The quantitative estimate of drug-likeness (QED) is 0.715. The second-order valence-electron chi connectivity index (χ2n) is 5.94. The van der Waals surface area contributed by atoms with Crippen molar-refractivity contribution in [1.29, 1.82) is 0 Å². The summed E-state index contributed by atoms with van der Waals surface area (Å²) in [5, 5.41) is 13.9. The number of benzene rings is 2. The van der Waals surface area contributed by atoms with E-state index < -0.39 is 0 Å². The van der Waals surface area contributed by atoms with Crippen LogP contribution in [0.25, 0.3) is 5.69 Å². The van der Waals surface area contributed by atoms with Crippen LogP contribution in [-0.2, 0) is 0 Å². The van der Waals surface area contributed by atoms with Crippen LogP contribution in [0.2, 0.25) is 0 Å². The van der Waals surface area contributed by atoms with Gasteiger partial charge >= 0.3 is 0 Å². The van der Waals surface area contributed by atoms with Crippen LogP contribution in [0.4, 0.5) is 5.69 Å². The van der Waals surface area contributed by atoms with E-state index in [1.54, 1.807) is 24.3 Å². The number of carbonyl (C=O) groups excluding carboxylic acids is 1. The molecular weight excluding hydrogens is 326 g/mol. The maximum absolute atomic E-state index is 12.4. The van der Waals surface area contributed by atoms with Crippen molar-refractivity contribution < 1.29 is 4.79 Å². The fourth-order valence-corrected chi connectivity index (χ4v) is 2.22. The number of hydrogen-bond donors (Lipinski definition) is 1. The third-order valence-electron chi connectivity index (χ3n) is 3.56. The molecule has 0 aliphatic heterocycles. The summed E-state index contributed by atoms with van der Waals surface area (Å²) in [4.78, 5) is 12.4. The normalized spacial score (nSPS) is 10.0. The van der Waals surface area contributed by atoms with Crippen LogP contribution < -0.4 is 5.32 Å². The molecule has 0 aliphatic carbocycles. The van der Waals surface area contributed by atoms with Gasteiger partial charge in [0.05, 0.1) is 5.69 Å². The lowest BCUT2D eigenvalue weighted by Gasteiger charge is -2.09. The Balaban J connectivity index is 0.000000758. The van der Waals surface area contributed by atoms with Gasteiger partial charge in [-0.1, -0.05) is 38.1 Å².